The number of nitrogen functional groups attached to an aromatic ring is 1. The van der Waals surface area contributed by atoms with Crippen LogP contribution in [0.2, 0.25) is 0 Å². The zero-order valence-corrected chi connectivity index (χ0v) is 37.4. The van der Waals surface area contributed by atoms with Crippen molar-refractivity contribution in [3.63, 3.8) is 0 Å². The lowest BCUT2D eigenvalue weighted by molar-refractivity contribution is -0.116. The average Bonchev–Trinajstić information content (AvgIpc) is 3.37. The monoisotopic (exact) mass is 907 g/mol. The molecule has 4 N–H and O–H groups in total. The zero-order chi connectivity index (χ0) is 47.5. The maximum Gasteiger partial charge on any atom is 0.255 e. The average molecular weight is 908 g/mol. The van der Waals surface area contributed by atoms with E-state index in [0.29, 0.717) is 74.9 Å². The van der Waals surface area contributed by atoms with Gasteiger partial charge in [0.15, 0.2) is 0 Å². The lowest BCUT2D eigenvalue weighted by Crippen LogP contribution is -2.15. The number of ether oxygens (including phenoxy) is 4. The summed E-state index contributed by atoms with van der Waals surface area (Å²) in [7, 11) is 0. The van der Waals surface area contributed by atoms with Gasteiger partial charge in [-0.25, -0.2) is 0 Å². The zero-order valence-electron chi connectivity index (χ0n) is 37.4. The van der Waals surface area contributed by atoms with Gasteiger partial charge >= 0.3 is 0 Å². The number of carbonyl (C=O) groups is 3. The van der Waals surface area contributed by atoms with Crippen molar-refractivity contribution in [3.05, 3.63) is 235 Å². The molecule has 0 saturated heterocycles. The third-order valence-corrected chi connectivity index (χ3v) is 10.9. The lowest BCUT2D eigenvalue weighted by atomic mass is 10.1. The van der Waals surface area contributed by atoms with Crippen molar-refractivity contribution < 1.29 is 33.3 Å². The van der Waals surface area contributed by atoms with Crippen molar-refractivity contribution in [2.24, 2.45) is 0 Å². The van der Waals surface area contributed by atoms with Crippen LogP contribution in [0.25, 0.3) is 22.3 Å². The van der Waals surface area contributed by atoms with Crippen LogP contribution in [0.5, 0.6) is 46.0 Å². The number of hydrogen-bond donors (Lipinski definition) is 3. The Hall–Kier alpha value is -9.41. The molecule has 9 aromatic rings. The van der Waals surface area contributed by atoms with Crippen LogP contribution in [0.15, 0.2) is 218 Å². The van der Waals surface area contributed by atoms with E-state index in [0.717, 1.165) is 33.6 Å². The molecule has 0 radical (unpaired) electrons. The first-order valence-corrected chi connectivity index (χ1v) is 22.1. The second-order valence-corrected chi connectivity index (χ2v) is 16.1. The van der Waals surface area contributed by atoms with E-state index in [9.17, 15) is 14.4 Å². The first-order valence-electron chi connectivity index (χ1n) is 22.1. The fourth-order valence-electron chi connectivity index (χ4n) is 7.33. The third-order valence-electron chi connectivity index (χ3n) is 10.9. The highest BCUT2D eigenvalue weighted by atomic mass is 16.5. The minimum atomic E-state index is -0.360. The maximum absolute atomic E-state index is 13.3. The summed E-state index contributed by atoms with van der Waals surface area (Å²) < 4.78 is 24.0. The molecule has 0 bridgehead atoms. The minimum absolute atomic E-state index is 0.122. The molecule has 0 atom stereocenters. The summed E-state index contributed by atoms with van der Waals surface area (Å²) in [6.45, 7) is 1.58. The van der Waals surface area contributed by atoms with Gasteiger partial charge in [-0.05, 0) is 186 Å². The number of nitrogens with two attached hydrogens (primary N) is 1. The molecule has 0 aliphatic carbocycles. The van der Waals surface area contributed by atoms with E-state index in [1.54, 1.807) is 91.9 Å². The number of anilines is 3. The number of carbonyl (C=O) groups excluding carboxylic acids is 3. The van der Waals surface area contributed by atoms with Gasteiger partial charge in [0, 0.05) is 34.6 Å². The largest absolute Gasteiger partial charge is 0.457 e. The number of rotatable bonds is 16. The van der Waals surface area contributed by atoms with Crippen molar-refractivity contribution in [1.82, 2.24) is 0 Å². The topological polar surface area (TPSA) is 138 Å². The summed E-state index contributed by atoms with van der Waals surface area (Å²) >= 11 is 0. The van der Waals surface area contributed by atoms with Gasteiger partial charge in [0.2, 0.25) is 0 Å². The molecule has 0 saturated carbocycles. The van der Waals surface area contributed by atoms with Gasteiger partial charge in [-0.3, -0.25) is 14.4 Å². The molecule has 0 aromatic heterocycles. The highest BCUT2D eigenvalue weighted by Crippen LogP contribution is 2.32. The van der Waals surface area contributed by atoms with Crippen LogP contribution in [-0.4, -0.2) is 17.6 Å². The highest BCUT2D eigenvalue weighted by Gasteiger charge is 2.13. The van der Waals surface area contributed by atoms with Gasteiger partial charge < -0.3 is 35.3 Å². The van der Waals surface area contributed by atoms with E-state index >= 15 is 0 Å². The third kappa shape index (κ3) is 12.1. The van der Waals surface area contributed by atoms with E-state index in [-0.39, 0.29) is 17.6 Å². The number of Topliss-reactive ketones (excluding diaryl/α,β-unsaturated/α-hetero) is 1. The molecule has 69 heavy (non-hydrogen) atoms. The molecule has 338 valence electrons. The van der Waals surface area contributed by atoms with Crippen molar-refractivity contribution in [2.45, 2.75) is 13.3 Å². The Bertz CT molecular complexity index is 3190. The second-order valence-electron chi connectivity index (χ2n) is 16.1. The molecular formula is C59H45N3O7. The van der Waals surface area contributed by atoms with Crippen LogP contribution >= 0.6 is 0 Å². The summed E-state index contributed by atoms with van der Waals surface area (Å²) in [6, 6.07) is 66.7. The van der Waals surface area contributed by atoms with Crippen LogP contribution in [0.4, 0.5) is 17.1 Å². The number of ketones is 1. The summed E-state index contributed by atoms with van der Waals surface area (Å²) in [5.41, 5.74) is 13.3. The van der Waals surface area contributed by atoms with Gasteiger partial charge in [-0.1, -0.05) is 66.7 Å². The van der Waals surface area contributed by atoms with E-state index < -0.39 is 0 Å². The molecule has 0 heterocycles. The van der Waals surface area contributed by atoms with E-state index in [2.05, 4.69) is 10.6 Å². The van der Waals surface area contributed by atoms with Gasteiger partial charge in [-0.2, -0.15) is 0 Å². The number of benzene rings is 9. The normalized spacial score (nSPS) is 10.7. The van der Waals surface area contributed by atoms with Crippen LogP contribution < -0.4 is 35.3 Å². The maximum atomic E-state index is 13.3. The quantitative estimate of drug-likeness (QED) is 0.0815. The van der Waals surface area contributed by atoms with Gasteiger partial charge in [-0.15, -0.1) is 0 Å². The predicted octanol–water partition coefficient (Wildman–Crippen LogP) is 14.4. The summed E-state index contributed by atoms with van der Waals surface area (Å²) in [4.78, 5) is 37.9. The molecule has 0 fully saturated rings. The Morgan fingerprint density at radius 1 is 0.377 bits per heavy atom. The second kappa shape index (κ2) is 20.8. The van der Waals surface area contributed by atoms with Crippen molar-refractivity contribution >= 4 is 34.7 Å². The van der Waals surface area contributed by atoms with Crippen molar-refractivity contribution in [1.29, 1.82) is 0 Å². The van der Waals surface area contributed by atoms with Crippen molar-refractivity contribution in [3.8, 4) is 68.2 Å². The standard InChI is InChI=1S/C59H45N3O7/c1-39(63)37-40-5-21-50(22-6-40)66-51-23-7-41(8-24-51)43-11-27-53(28-12-43)68-56-33-17-48(18-34-56)61-58(64)45-3-2-4-46(38-45)59(65)62-49-19-35-57(36-20-49)69-54-29-13-44(14-30-54)42-9-25-52(26-10-42)67-55-31-15-47(60)16-32-55/h2-36,38H,37,60H2,1H3,(H,61,64)(H,62,65). The molecule has 2 amide bonds. The Labute approximate surface area is 399 Å². The smallest absolute Gasteiger partial charge is 0.255 e. The molecule has 10 nitrogen and oxygen atoms in total. The Kier molecular flexibility index (Phi) is 13.5. The molecule has 0 unspecified atom stereocenters. The first kappa shape index (κ1) is 44.8. The first-order chi connectivity index (χ1) is 33.6. The molecule has 10 heteroatoms. The molecule has 0 spiro atoms. The Morgan fingerprint density at radius 3 is 0.957 bits per heavy atom. The van der Waals surface area contributed by atoms with E-state index in [1.165, 1.54) is 0 Å². The summed E-state index contributed by atoms with van der Waals surface area (Å²) in [5.74, 6) is 4.79. The van der Waals surface area contributed by atoms with Gasteiger partial charge in [0.05, 0.1) is 0 Å². The van der Waals surface area contributed by atoms with Gasteiger partial charge in [0.1, 0.15) is 51.8 Å². The number of hydrogen-bond acceptors (Lipinski definition) is 8. The molecular weight excluding hydrogens is 863 g/mol. The van der Waals surface area contributed by atoms with E-state index in [1.807, 2.05) is 133 Å². The fraction of sp³-hybridized carbons (Fsp3) is 0.0339. The van der Waals surface area contributed by atoms with Crippen LogP contribution in [0, 0.1) is 0 Å². The minimum Gasteiger partial charge on any atom is -0.457 e. The molecule has 9 rings (SSSR count). The fourth-order valence-corrected chi connectivity index (χ4v) is 7.33. The molecule has 0 aliphatic rings. The van der Waals surface area contributed by atoms with Crippen LogP contribution in [0.3, 0.4) is 0 Å². The van der Waals surface area contributed by atoms with Crippen molar-refractivity contribution in [2.75, 3.05) is 16.4 Å². The summed E-state index contributed by atoms with van der Waals surface area (Å²) in [6.07, 6.45) is 0.409. The molecule has 9 aromatic carbocycles. The predicted molar refractivity (Wildman–Crippen MR) is 271 cm³/mol. The SMILES string of the molecule is CC(=O)Cc1ccc(Oc2ccc(-c3ccc(Oc4ccc(NC(=O)c5cccc(C(=O)Nc6ccc(Oc7ccc(-c8ccc(Oc9ccc(N)cc9)cc8)cc7)cc6)c5)cc4)cc3)cc2)cc1. The van der Waals surface area contributed by atoms with Gasteiger partial charge in [0.25, 0.3) is 11.8 Å². The Morgan fingerprint density at radius 2 is 0.652 bits per heavy atom. The van der Waals surface area contributed by atoms with Crippen LogP contribution in [-0.2, 0) is 11.2 Å². The number of nitrogens with one attached hydrogen (secondary N) is 2. The number of amides is 2. The van der Waals surface area contributed by atoms with Crippen LogP contribution in [0.1, 0.15) is 33.2 Å². The highest BCUT2D eigenvalue weighted by molar-refractivity contribution is 6.08. The van der Waals surface area contributed by atoms with E-state index in [4.69, 9.17) is 24.7 Å². The Balaban J connectivity index is 0.726. The molecule has 0 aliphatic heterocycles. The summed E-state index contributed by atoms with van der Waals surface area (Å²) in [5, 5.41) is 5.79. The lowest BCUT2D eigenvalue weighted by Gasteiger charge is -2.11.